The van der Waals surface area contributed by atoms with E-state index in [1.54, 1.807) is 0 Å². The fourth-order valence-electron chi connectivity index (χ4n) is 2.17. The molecular weight excluding hydrogens is 219 g/mol. The molecule has 0 aromatic carbocycles. The second-order valence-corrected chi connectivity index (χ2v) is 4.55. The van der Waals surface area contributed by atoms with Gasteiger partial charge in [-0.15, -0.1) is 0 Å². The lowest BCUT2D eigenvalue weighted by molar-refractivity contribution is -0.139. The molecule has 0 aromatic rings. The minimum absolute atomic E-state index is 0.153. The van der Waals surface area contributed by atoms with Crippen LogP contribution in [0, 0.1) is 0 Å². The van der Waals surface area contributed by atoms with E-state index >= 15 is 0 Å². The van der Waals surface area contributed by atoms with Gasteiger partial charge in [0.2, 0.25) is 0 Å². The van der Waals surface area contributed by atoms with Gasteiger partial charge in [-0.05, 0) is 0 Å². The third-order valence-electron chi connectivity index (χ3n) is 3.39. The second-order valence-electron chi connectivity index (χ2n) is 4.55. The first-order valence-electron chi connectivity index (χ1n) is 5.78. The quantitative estimate of drug-likeness (QED) is 0.772. The molecule has 0 amide bonds. The molecule has 0 saturated carbocycles. The van der Waals surface area contributed by atoms with Crippen molar-refractivity contribution in [3.8, 4) is 0 Å². The summed E-state index contributed by atoms with van der Waals surface area (Å²) in [7, 11) is 0. The van der Waals surface area contributed by atoms with Crippen LogP contribution in [0.1, 0.15) is 6.42 Å². The van der Waals surface area contributed by atoms with E-state index < -0.39 is 12.6 Å². The number of rotatable bonds is 3. The maximum absolute atomic E-state index is 12.0. The first-order valence-corrected chi connectivity index (χ1v) is 5.78. The number of hydrogen-bond donors (Lipinski definition) is 1. The molecule has 0 spiro atoms. The molecule has 2 saturated heterocycles. The Labute approximate surface area is 93.6 Å². The molecule has 2 heterocycles. The van der Waals surface area contributed by atoms with Crippen molar-refractivity contribution >= 4 is 0 Å². The number of alkyl halides is 3. The predicted octanol–water partition coefficient (Wildman–Crippen LogP) is 0.528. The van der Waals surface area contributed by atoms with E-state index in [-0.39, 0.29) is 6.54 Å². The minimum Gasteiger partial charge on any atom is -0.314 e. The first-order chi connectivity index (χ1) is 7.54. The molecule has 16 heavy (non-hydrogen) atoms. The van der Waals surface area contributed by atoms with Crippen LogP contribution in [-0.4, -0.2) is 67.8 Å². The molecule has 0 aromatic heterocycles. The number of nitrogens with zero attached hydrogens (tertiary/aromatic N) is 2. The molecule has 94 valence electrons. The van der Waals surface area contributed by atoms with E-state index in [0.717, 1.165) is 39.3 Å². The molecule has 0 aliphatic carbocycles. The highest BCUT2D eigenvalue weighted by atomic mass is 19.4. The van der Waals surface area contributed by atoms with Gasteiger partial charge in [0.05, 0.1) is 6.42 Å². The summed E-state index contributed by atoms with van der Waals surface area (Å²) in [6.45, 7) is 5.57. The monoisotopic (exact) mass is 237 g/mol. The van der Waals surface area contributed by atoms with Crippen molar-refractivity contribution < 1.29 is 13.2 Å². The molecule has 2 aliphatic rings. The molecule has 6 heteroatoms. The molecule has 3 nitrogen and oxygen atoms in total. The van der Waals surface area contributed by atoms with Gasteiger partial charge in [0, 0.05) is 51.9 Å². The summed E-state index contributed by atoms with van der Waals surface area (Å²) < 4.78 is 36.1. The predicted molar refractivity (Wildman–Crippen MR) is 55.3 cm³/mol. The van der Waals surface area contributed by atoms with Crippen molar-refractivity contribution in [3.05, 3.63) is 0 Å². The lowest BCUT2D eigenvalue weighted by atomic mass is 10.1. The molecule has 2 fully saturated rings. The fraction of sp³-hybridized carbons (Fsp3) is 1.00. The Morgan fingerprint density at radius 1 is 1.06 bits per heavy atom. The van der Waals surface area contributed by atoms with Gasteiger partial charge in [0.25, 0.3) is 0 Å². The highest BCUT2D eigenvalue weighted by Gasteiger charge is 2.30. The Hall–Kier alpha value is -0.330. The second kappa shape index (κ2) is 4.89. The van der Waals surface area contributed by atoms with Crippen molar-refractivity contribution in [2.24, 2.45) is 0 Å². The maximum Gasteiger partial charge on any atom is 0.390 e. The van der Waals surface area contributed by atoms with Gasteiger partial charge in [-0.25, -0.2) is 0 Å². The van der Waals surface area contributed by atoms with E-state index in [1.165, 1.54) is 0 Å². The van der Waals surface area contributed by atoms with Crippen LogP contribution in [0.4, 0.5) is 13.2 Å². The van der Waals surface area contributed by atoms with Crippen LogP contribution in [0.5, 0.6) is 0 Å². The Kier molecular flexibility index (Phi) is 3.71. The molecule has 0 radical (unpaired) electrons. The molecule has 0 unspecified atom stereocenters. The van der Waals surface area contributed by atoms with Crippen LogP contribution >= 0.6 is 0 Å². The first kappa shape index (κ1) is 12.1. The Bertz CT molecular complexity index is 220. The lowest BCUT2D eigenvalue weighted by Crippen LogP contribution is -2.61. The van der Waals surface area contributed by atoms with Gasteiger partial charge >= 0.3 is 6.18 Å². The molecule has 2 rings (SSSR count). The molecule has 1 N–H and O–H groups in total. The number of piperazine rings is 1. The van der Waals surface area contributed by atoms with Crippen molar-refractivity contribution in [2.45, 2.75) is 18.6 Å². The summed E-state index contributed by atoms with van der Waals surface area (Å²) in [4.78, 5) is 4.29. The van der Waals surface area contributed by atoms with Crippen LogP contribution in [0.2, 0.25) is 0 Å². The Morgan fingerprint density at radius 3 is 2.12 bits per heavy atom. The molecular formula is C10H18F3N3. The fourth-order valence-corrected chi connectivity index (χ4v) is 2.17. The number of halogens is 3. The minimum atomic E-state index is -4.02. The normalized spacial score (nSPS) is 25.7. The molecule has 2 aliphatic heterocycles. The maximum atomic E-state index is 12.0. The number of nitrogens with one attached hydrogen (secondary N) is 1. The molecule has 0 atom stereocenters. The summed E-state index contributed by atoms with van der Waals surface area (Å²) in [5.74, 6) is 0. The van der Waals surface area contributed by atoms with Gasteiger partial charge < -0.3 is 10.2 Å². The SMILES string of the molecule is FC(F)(F)CCN1CCN(C2CNC2)CC1. The summed E-state index contributed by atoms with van der Waals surface area (Å²) in [6, 6.07) is 0.616. The molecule has 0 bridgehead atoms. The van der Waals surface area contributed by atoms with Gasteiger partial charge in [-0.1, -0.05) is 0 Å². The van der Waals surface area contributed by atoms with Gasteiger partial charge in [-0.3, -0.25) is 4.90 Å². The average molecular weight is 237 g/mol. The summed E-state index contributed by atoms with van der Waals surface area (Å²) >= 11 is 0. The standard InChI is InChI=1S/C10H18F3N3/c11-10(12,13)1-2-15-3-5-16(6-4-15)9-7-14-8-9/h9,14H,1-8H2. The smallest absolute Gasteiger partial charge is 0.314 e. The van der Waals surface area contributed by atoms with Crippen LogP contribution < -0.4 is 5.32 Å². The van der Waals surface area contributed by atoms with Crippen LogP contribution in [-0.2, 0) is 0 Å². The lowest BCUT2D eigenvalue weighted by Gasteiger charge is -2.43. The van der Waals surface area contributed by atoms with Gasteiger partial charge in [0.1, 0.15) is 0 Å². The summed E-state index contributed by atoms with van der Waals surface area (Å²) in [5.41, 5.74) is 0. The zero-order valence-corrected chi connectivity index (χ0v) is 9.26. The van der Waals surface area contributed by atoms with Gasteiger partial charge in [-0.2, -0.15) is 13.2 Å². The summed E-state index contributed by atoms with van der Waals surface area (Å²) in [6.07, 6.45) is -4.70. The largest absolute Gasteiger partial charge is 0.390 e. The Morgan fingerprint density at radius 2 is 1.69 bits per heavy atom. The van der Waals surface area contributed by atoms with Gasteiger partial charge in [0.15, 0.2) is 0 Å². The van der Waals surface area contributed by atoms with E-state index in [2.05, 4.69) is 10.2 Å². The third-order valence-corrected chi connectivity index (χ3v) is 3.39. The zero-order chi connectivity index (χ0) is 11.6. The third kappa shape index (κ3) is 3.33. The van der Waals surface area contributed by atoms with Crippen LogP contribution in [0.3, 0.4) is 0 Å². The topological polar surface area (TPSA) is 18.5 Å². The van der Waals surface area contributed by atoms with Crippen molar-refractivity contribution in [3.63, 3.8) is 0 Å². The van der Waals surface area contributed by atoms with E-state index in [4.69, 9.17) is 0 Å². The van der Waals surface area contributed by atoms with Crippen molar-refractivity contribution in [1.82, 2.24) is 15.1 Å². The summed E-state index contributed by atoms with van der Waals surface area (Å²) in [5, 5.41) is 3.21. The Balaban J connectivity index is 1.65. The van der Waals surface area contributed by atoms with E-state index in [1.807, 2.05) is 4.90 Å². The highest BCUT2D eigenvalue weighted by molar-refractivity contribution is 4.87. The van der Waals surface area contributed by atoms with Crippen molar-refractivity contribution in [2.75, 3.05) is 45.8 Å². The van der Waals surface area contributed by atoms with Crippen LogP contribution in [0.15, 0.2) is 0 Å². The number of hydrogen-bond acceptors (Lipinski definition) is 3. The van der Waals surface area contributed by atoms with Crippen LogP contribution in [0.25, 0.3) is 0 Å². The average Bonchev–Trinajstić information content (AvgIpc) is 2.13. The highest BCUT2D eigenvalue weighted by Crippen LogP contribution is 2.20. The van der Waals surface area contributed by atoms with Crippen molar-refractivity contribution in [1.29, 1.82) is 0 Å². The van der Waals surface area contributed by atoms with E-state index in [9.17, 15) is 13.2 Å². The van der Waals surface area contributed by atoms with E-state index in [0.29, 0.717) is 6.04 Å². The zero-order valence-electron chi connectivity index (χ0n) is 9.26.